The number of fused-ring (bicyclic) bond motifs is 1. The summed E-state index contributed by atoms with van der Waals surface area (Å²) in [5.74, 6) is 0.343. The molecule has 0 fully saturated rings. The zero-order valence-electron chi connectivity index (χ0n) is 11.0. The van der Waals surface area contributed by atoms with E-state index < -0.39 is 0 Å². The van der Waals surface area contributed by atoms with Crippen LogP contribution in [0, 0.1) is 0 Å². The summed E-state index contributed by atoms with van der Waals surface area (Å²) >= 11 is 0. The van der Waals surface area contributed by atoms with Crippen molar-refractivity contribution in [3.63, 3.8) is 0 Å². The number of phenolic OH excluding ortho intramolecular Hbond substituents is 2. The van der Waals surface area contributed by atoms with Crippen molar-refractivity contribution in [3.05, 3.63) is 47.5 Å². The molecule has 1 atom stereocenters. The highest BCUT2D eigenvalue weighted by atomic mass is 16.5. The van der Waals surface area contributed by atoms with Crippen LogP contribution in [0.3, 0.4) is 0 Å². The number of hydrogen-bond donors (Lipinski definition) is 2. The Hall–Kier alpha value is -2.43. The van der Waals surface area contributed by atoms with Crippen LogP contribution in [0.15, 0.2) is 36.4 Å². The highest BCUT2D eigenvalue weighted by Gasteiger charge is 2.31. The highest BCUT2D eigenvalue weighted by Crippen LogP contribution is 2.33. The number of carbonyl (C=O) groups excluding carboxylic acids is 1. The second-order valence-corrected chi connectivity index (χ2v) is 4.91. The lowest BCUT2D eigenvalue weighted by Crippen LogP contribution is -2.29. The van der Waals surface area contributed by atoms with E-state index in [4.69, 9.17) is 4.74 Å². The summed E-state index contributed by atoms with van der Waals surface area (Å²) < 4.78 is 5.66. The highest BCUT2D eigenvalue weighted by molar-refractivity contribution is 6.37. The third kappa shape index (κ3) is 1.91. The van der Waals surface area contributed by atoms with E-state index in [0.29, 0.717) is 16.8 Å². The van der Waals surface area contributed by atoms with E-state index in [1.165, 1.54) is 6.07 Å². The van der Waals surface area contributed by atoms with E-state index in [2.05, 4.69) is 0 Å². The Labute approximate surface area is 117 Å². The van der Waals surface area contributed by atoms with Crippen LogP contribution in [0.2, 0.25) is 0 Å². The minimum atomic E-state index is -0.382. The molecule has 2 aromatic rings. The van der Waals surface area contributed by atoms with Gasteiger partial charge < -0.3 is 14.9 Å². The van der Waals surface area contributed by atoms with Gasteiger partial charge in [-0.3, -0.25) is 4.79 Å². The molecule has 0 spiro atoms. The zero-order valence-corrected chi connectivity index (χ0v) is 11.0. The van der Waals surface area contributed by atoms with Crippen LogP contribution < -0.4 is 10.2 Å². The topological polar surface area (TPSA) is 66.8 Å². The molecule has 2 N–H and O–H groups in total. The van der Waals surface area contributed by atoms with Crippen LogP contribution in [0.25, 0.3) is 0 Å². The van der Waals surface area contributed by atoms with E-state index >= 15 is 0 Å². The Morgan fingerprint density at radius 1 is 1.10 bits per heavy atom. The molecule has 0 aromatic heterocycles. The van der Waals surface area contributed by atoms with Crippen molar-refractivity contribution in [2.24, 2.45) is 0 Å². The van der Waals surface area contributed by atoms with Crippen LogP contribution in [-0.2, 0) is 0 Å². The number of rotatable bonds is 1. The summed E-state index contributed by atoms with van der Waals surface area (Å²) in [6.07, 6.45) is 0. The lowest BCUT2D eigenvalue weighted by molar-refractivity contribution is 0.0897. The van der Waals surface area contributed by atoms with Gasteiger partial charge in [-0.1, -0.05) is 12.1 Å². The van der Waals surface area contributed by atoms with Crippen LogP contribution >= 0.6 is 0 Å². The van der Waals surface area contributed by atoms with E-state index in [0.717, 1.165) is 5.56 Å². The molecule has 0 amide bonds. The Kier molecular flexibility index (Phi) is 2.90. The van der Waals surface area contributed by atoms with Crippen molar-refractivity contribution in [1.29, 1.82) is 0 Å². The summed E-state index contributed by atoms with van der Waals surface area (Å²) in [6, 6.07) is 9.65. The van der Waals surface area contributed by atoms with Crippen LogP contribution in [0.1, 0.15) is 21.8 Å². The Morgan fingerprint density at radius 2 is 1.80 bits per heavy atom. The molecule has 3 rings (SSSR count). The minimum absolute atomic E-state index is 0.0277. The maximum atomic E-state index is 12.5. The first-order valence-corrected chi connectivity index (χ1v) is 6.36. The molecule has 0 saturated carbocycles. The first-order valence-electron chi connectivity index (χ1n) is 6.36. The van der Waals surface area contributed by atoms with E-state index in [1.54, 1.807) is 38.2 Å². The van der Waals surface area contributed by atoms with E-state index in [-0.39, 0.29) is 29.8 Å². The predicted octanol–water partition coefficient (Wildman–Crippen LogP) is 0.715. The normalized spacial score (nSPS) is 17.4. The molecule has 0 bridgehead atoms. The van der Waals surface area contributed by atoms with Crippen molar-refractivity contribution in [2.75, 3.05) is 6.61 Å². The van der Waals surface area contributed by atoms with Crippen molar-refractivity contribution in [3.8, 4) is 17.2 Å². The second-order valence-electron chi connectivity index (χ2n) is 4.91. The first kappa shape index (κ1) is 12.6. The molecular formula is C15H13BO4. The fourth-order valence-corrected chi connectivity index (χ4v) is 2.45. The average molecular weight is 268 g/mol. The first-order chi connectivity index (χ1) is 9.58. The van der Waals surface area contributed by atoms with Gasteiger partial charge in [0.1, 0.15) is 31.7 Å². The average Bonchev–Trinajstić information content (AvgIpc) is 2.45. The maximum Gasteiger partial charge on any atom is 0.177 e. The maximum absolute atomic E-state index is 12.5. The van der Waals surface area contributed by atoms with Crippen molar-refractivity contribution in [1.82, 2.24) is 0 Å². The van der Waals surface area contributed by atoms with Gasteiger partial charge in [-0.05, 0) is 35.3 Å². The molecule has 1 heterocycles. The van der Waals surface area contributed by atoms with E-state index in [1.807, 2.05) is 0 Å². The summed E-state index contributed by atoms with van der Waals surface area (Å²) in [5, 5.41) is 19.0. The summed E-state index contributed by atoms with van der Waals surface area (Å²) in [4.78, 5) is 12.5. The molecule has 4 nitrogen and oxygen atoms in total. The number of carbonyl (C=O) groups is 1. The zero-order chi connectivity index (χ0) is 14.3. The van der Waals surface area contributed by atoms with Gasteiger partial charge in [0.25, 0.3) is 0 Å². The number of hydrogen-bond acceptors (Lipinski definition) is 4. The fraction of sp³-hybridized carbons (Fsp3) is 0.133. The summed E-state index contributed by atoms with van der Waals surface area (Å²) in [7, 11) is 1.72. The third-order valence-electron chi connectivity index (χ3n) is 3.65. The largest absolute Gasteiger partial charge is 0.508 e. The number of ketones is 1. The van der Waals surface area contributed by atoms with Crippen molar-refractivity contribution >= 4 is 19.1 Å². The van der Waals surface area contributed by atoms with Crippen LogP contribution in [0.5, 0.6) is 17.2 Å². The molecule has 20 heavy (non-hydrogen) atoms. The van der Waals surface area contributed by atoms with Gasteiger partial charge in [0, 0.05) is 0 Å². The quantitative estimate of drug-likeness (QED) is 0.748. The van der Waals surface area contributed by atoms with E-state index in [9.17, 15) is 15.0 Å². The van der Waals surface area contributed by atoms with Gasteiger partial charge in [0.15, 0.2) is 5.78 Å². The molecule has 5 heteroatoms. The Bertz CT molecular complexity index is 679. The fourth-order valence-electron chi connectivity index (χ4n) is 2.45. The van der Waals surface area contributed by atoms with Gasteiger partial charge >= 0.3 is 0 Å². The summed E-state index contributed by atoms with van der Waals surface area (Å²) in [5.41, 5.74) is 1.88. The van der Waals surface area contributed by atoms with Gasteiger partial charge in [-0.15, -0.1) is 0 Å². The molecule has 1 aliphatic heterocycles. The molecule has 0 saturated heterocycles. The number of ether oxygens (including phenoxy) is 1. The van der Waals surface area contributed by atoms with Crippen LogP contribution in [0.4, 0.5) is 0 Å². The molecule has 0 aliphatic carbocycles. The Balaban J connectivity index is 2.01. The Morgan fingerprint density at radius 3 is 2.50 bits per heavy atom. The number of benzene rings is 2. The molecule has 2 aromatic carbocycles. The lowest BCUT2D eigenvalue weighted by Gasteiger charge is -2.26. The molecular weight excluding hydrogens is 255 g/mol. The van der Waals surface area contributed by atoms with Crippen molar-refractivity contribution in [2.45, 2.75) is 5.92 Å². The van der Waals surface area contributed by atoms with Crippen molar-refractivity contribution < 1.29 is 19.7 Å². The second kappa shape index (κ2) is 4.60. The van der Waals surface area contributed by atoms with Gasteiger partial charge in [0.05, 0.1) is 11.5 Å². The number of aromatic hydroxyl groups is 2. The number of Topliss-reactive ketones (excluding diaryl/α,β-unsaturated/α-hetero) is 1. The minimum Gasteiger partial charge on any atom is -0.508 e. The monoisotopic (exact) mass is 268 g/mol. The van der Waals surface area contributed by atoms with Crippen LogP contribution in [-0.4, -0.2) is 30.4 Å². The molecule has 0 radical (unpaired) electrons. The molecule has 1 aliphatic rings. The van der Waals surface area contributed by atoms with Gasteiger partial charge in [-0.25, -0.2) is 0 Å². The molecule has 1 unspecified atom stereocenters. The molecule has 100 valence electrons. The smallest absolute Gasteiger partial charge is 0.177 e. The van der Waals surface area contributed by atoms with Gasteiger partial charge in [-0.2, -0.15) is 0 Å². The number of phenols is 2. The SMILES string of the molecule is Bc1c(O)ccc2c1OCC(c1ccc(O)cc1)C2=O. The van der Waals surface area contributed by atoms with Gasteiger partial charge in [0.2, 0.25) is 0 Å². The third-order valence-corrected chi connectivity index (χ3v) is 3.65. The summed E-state index contributed by atoms with van der Waals surface area (Å²) in [6.45, 7) is 0.237. The predicted molar refractivity (Wildman–Crippen MR) is 77.0 cm³/mol. The lowest BCUT2D eigenvalue weighted by atomic mass is 9.84. The standard InChI is InChI=1S/C15H13BO4/c16-13-12(18)6-5-10-14(19)11(7-20-15(10)13)8-1-3-9(17)4-2-8/h1-6,11,17-18H,7,16H2.